The number of thiol groups is 1. The van der Waals surface area contributed by atoms with Crippen molar-refractivity contribution < 1.29 is 4.79 Å². The molecule has 0 aromatic heterocycles. The van der Waals surface area contributed by atoms with E-state index in [-0.39, 0.29) is 11.9 Å². The summed E-state index contributed by atoms with van der Waals surface area (Å²) in [4.78, 5) is 13.0. The van der Waals surface area contributed by atoms with E-state index in [2.05, 4.69) is 24.9 Å². The third-order valence-electron chi connectivity index (χ3n) is 4.94. The molecule has 1 aromatic carbocycles. The minimum atomic E-state index is 0.0147. The SMILES string of the molecule is CC(NC(=O)c1ccccc1S)C1CC2CCC1C2. The molecule has 102 valence electrons. The highest BCUT2D eigenvalue weighted by Crippen LogP contribution is 2.49. The van der Waals surface area contributed by atoms with Crippen LogP contribution in [0, 0.1) is 17.8 Å². The largest absolute Gasteiger partial charge is 0.349 e. The number of amides is 1. The monoisotopic (exact) mass is 275 g/mol. The van der Waals surface area contributed by atoms with Gasteiger partial charge in [-0.25, -0.2) is 0 Å². The zero-order chi connectivity index (χ0) is 13.4. The van der Waals surface area contributed by atoms with E-state index in [1.807, 2.05) is 24.3 Å². The van der Waals surface area contributed by atoms with Crippen molar-refractivity contribution in [2.45, 2.75) is 43.5 Å². The predicted octanol–water partition coefficient (Wildman–Crippen LogP) is 3.53. The van der Waals surface area contributed by atoms with Gasteiger partial charge >= 0.3 is 0 Å². The van der Waals surface area contributed by atoms with Gasteiger partial charge in [0, 0.05) is 10.9 Å². The van der Waals surface area contributed by atoms with Crippen molar-refractivity contribution in [2.24, 2.45) is 17.8 Å². The lowest BCUT2D eigenvalue weighted by Gasteiger charge is -2.28. The van der Waals surface area contributed by atoms with Gasteiger partial charge in [0.05, 0.1) is 5.56 Å². The molecule has 0 spiro atoms. The quantitative estimate of drug-likeness (QED) is 0.812. The van der Waals surface area contributed by atoms with Gasteiger partial charge in [0.1, 0.15) is 0 Å². The van der Waals surface area contributed by atoms with Crippen molar-refractivity contribution in [1.29, 1.82) is 0 Å². The molecule has 2 aliphatic rings. The van der Waals surface area contributed by atoms with Gasteiger partial charge in [-0.3, -0.25) is 4.79 Å². The zero-order valence-corrected chi connectivity index (χ0v) is 12.2. The van der Waals surface area contributed by atoms with Crippen LogP contribution >= 0.6 is 12.6 Å². The first-order valence-corrected chi connectivity index (χ1v) is 7.68. The molecule has 0 saturated heterocycles. The molecule has 2 bridgehead atoms. The Bertz CT molecular complexity index is 487. The number of benzene rings is 1. The van der Waals surface area contributed by atoms with Crippen molar-refractivity contribution in [2.75, 3.05) is 0 Å². The first-order valence-electron chi connectivity index (χ1n) is 7.24. The maximum absolute atomic E-state index is 12.3. The molecule has 4 atom stereocenters. The van der Waals surface area contributed by atoms with E-state index in [0.29, 0.717) is 11.5 Å². The number of fused-ring (bicyclic) bond motifs is 2. The van der Waals surface area contributed by atoms with Gasteiger partial charge in [-0.05, 0) is 56.1 Å². The number of nitrogens with one attached hydrogen (secondary N) is 1. The van der Waals surface area contributed by atoms with Crippen molar-refractivity contribution in [3.8, 4) is 0 Å². The van der Waals surface area contributed by atoms with E-state index in [1.54, 1.807) is 0 Å². The predicted molar refractivity (Wildman–Crippen MR) is 79.6 cm³/mol. The van der Waals surface area contributed by atoms with Gasteiger partial charge in [0.15, 0.2) is 0 Å². The minimum Gasteiger partial charge on any atom is -0.349 e. The van der Waals surface area contributed by atoms with Crippen LogP contribution in [0.1, 0.15) is 43.0 Å². The van der Waals surface area contributed by atoms with E-state index in [0.717, 1.165) is 16.7 Å². The highest BCUT2D eigenvalue weighted by Gasteiger charge is 2.42. The second-order valence-electron chi connectivity index (χ2n) is 6.12. The number of rotatable bonds is 3. The lowest BCUT2D eigenvalue weighted by atomic mass is 9.84. The Labute approximate surface area is 120 Å². The molecular formula is C16H21NOS. The second-order valence-corrected chi connectivity index (χ2v) is 6.60. The fourth-order valence-corrected chi connectivity index (χ4v) is 4.23. The molecule has 1 N–H and O–H groups in total. The lowest BCUT2D eigenvalue weighted by Crippen LogP contribution is -2.40. The van der Waals surface area contributed by atoms with Crippen LogP contribution in [-0.4, -0.2) is 11.9 Å². The molecule has 1 amide bonds. The van der Waals surface area contributed by atoms with Crippen molar-refractivity contribution >= 4 is 18.5 Å². The molecule has 19 heavy (non-hydrogen) atoms. The van der Waals surface area contributed by atoms with Crippen molar-refractivity contribution in [1.82, 2.24) is 5.32 Å². The van der Waals surface area contributed by atoms with Crippen LogP contribution in [0.15, 0.2) is 29.2 Å². The summed E-state index contributed by atoms with van der Waals surface area (Å²) in [5, 5.41) is 3.18. The van der Waals surface area contributed by atoms with Crippen LogP contribution in [0.5, 0.6) is 0 Å². The summed E-state index contributed by atoms with van der Waals surface area (Å²) in [7, 11) is 0. The van der Waals surface area contributed by atoms with Crippen LogP contribution in [0.4, 0.5) is 0 Å². The number of hydrogen-bond donors (Lipinski definition) is 2. The summed E-state index contributed by atoms with van der Waals surface area (Å²) in [6.07, 6.45) is 5.45. The molecule has 0 heterocycles. The van der Waals surface area contributed by atoms with Gasteiger partial charge in [0.2, 0.25) is 0 Å². The highest BCUT2D eigenvalue weighted by atomic mass is 32.1. The van der Waals surface area contributed by atoms with Crippen LogP contribution in [0.3, 0.4) is 0 Å². The van der Waals surface area contributed by atoms with Gasteiger partial charge in [-0.1, -0.05) is 18.6 Å². The van der Waals surface area contributed by atoms with E-state index >= 15 is 0 Å². The highest BCUT2D eigenvalue weighted by molar-refractivity contribution is 7.80. The molecule has 2 saturated carbocycles. The second kappa shape index (κ2) is 5.20. The van der Waals surface area contributed by atoms with E-state index in [9.17, 15) is 4.79 Å². The average Bonchev–Trinajstić information content (AvgIpc) is 3.01. The third kappa shape index (κ3) is 2.53. The molecule has 0 aliphatic heterocycles. The Kier molecular flexibility index (Phi) is 3.57. The van der Waals surface area contributed by atoms with E-state index in [4.69, 9.17) is 0 Å². The molecule has 3 rings (SSSR count). The van der Waals surface area contributed by atoms with Gasteiger partial charge in [-0.15, -0.1) is 12.6 Å². The molecule has 0 radical (unpaired) electrons. The van der Waals surface area contributed by atoms with Crippen LogP contribution in [0.2, 0.25) is 0 Å². The summed E-state index contributed by atoms with van der Waals surface area (Å²) < 4.78 is 0. The van der Waals surface area contributed by atoms with Crippen LogP contribution < -0.4 is 5.32 Å². The molecule has 2 nitrogen and oxygen atoms in total. The van der Waals surface area contributed by atoms with Crippen LogP contribution in [-0.2, 0) is 0 Å². The Morgan fingerprint density at radius 2 is 2.11 bits per heavy atom. The standard InChI is InChI=1S/C16H21NOS/c1-10(14-9-11-6-7-12(14)8-11)17-16(18)13-4-2-3-5-15(13)19/h2-5,10-12,14,19H,6-9H2,1H3,(H,17,18). The number of carbonyl (C=O) groups excluding carboxylic acids is 1. The zero-order valence-electron chi connectivity index (χ0n) is 11.3. The van der Waals surface area contributed by atoms with E-state index < -0.39 is 0 Å². The molecule has 1 aromatic rings. The number of carbonyl (C=O) groups is 1. The maximum Gasteiger partial charge on any atom is 0.252 e. The van der Waals surface area contributed by atoms with Gasteiger partial charge in [-0.2, -0.15) is 0 Å². The average molecular weight is 275 g/mol. The van der Waals surface area contributed by atoms with Gasteiger partial charge < -0.3 is 5.32 Å². The summed E-state index contributed by atoms with van der Waals surface area (Å²) >= 11 is 4.35. The first-order chi connectivity index (χ1) is 9.15. The molecule has 2 aliphatic carbocycles. The summed E-state index contributed by atoms with van der Waals surface area (Å²) in [6, 6.07) is 7.76. The minimum absolute atomic E-state index is 0.0147. The topological polar surface area (TPSA) is 29.1 Å². The molecular weight excluding hydrogens is 254 g/mol. The van der Waals surface area contributed by atoms with Crippen LogP contribution in [0.25, 0.3) is 0 Å². The van der Waals surface area contributed by atoms with E-state index in [1.165, 1.54) is 25.7 Å². The normalized spacial score (nSPS) is 30.3. The Morgan fingerprint density at radius 1 is 1.32 bits per heavy atom. The third-order valence-corrected chi connectivity index (χ3v) is 5.33. The summed E-state index contributed by atoms with van der Waals surface area (Å²) in [6.45, 7) is 2.16. The summed E-state index contributed by atoms with van der Waals surface area (Å²) in [5.74, 6) is 2.45. The smallest absolute Gasteiger partial charge is 0.252 e. The molecule has 2 fully saturated rings. The summed E-state index contributed by atoms with van der Waals surface area (Å²) in [5.41, 5.74) is 0.681. The first kappa shape index (κ1) is 13.0. The number of hydrogen-bond acceptors (Lipinski definition) is 2. The fourth-order valence-electron chi connectivity index (χ4n) is 3.96. The lowest BCUT2D eigenvalue weighted by molar-refractivity contribution is 0.0912. The van der Waals surface area contributed by atoms with Gasteiger partial charge in [0.25, 0.3) is 5.91 Å². The fraction of sp³-hybridized carbons (Fsp3) is 0.562. The Balaban J connectivity index is 1.65. The Hall–Kier alpha value is -0.960. The molecule has 3 heteroatoms. The molecule has 4 unspecified atom stereocenters. The maximum atomic E-state index is 12.3. The van der Waals surface area contributed by atoms with Crippen molar-refractivity contribution in [3.63, 3.8) is 0 Å². The Morgan fingerprint density at radius 3 is 2.74 bits per heavy atom. The van der Waals surface area contributed by atoms with Crippen molar-refractivity contribution in [3.05, 3.63) is 29.8 Å².